The van der Waals surface area contributed by atoms with E-state index >= 15 is 0 Å². The highest BCUT2D eigenvalue weighted by molar-refractivity contribution is 5.33. The van der Waals surface area contributed by atoms with Gasteiger partial charge in [0.25, 0.3) is 0 Å². The second-order valence-electron chi connectivity index (χ2n) is 4.26. The number of aliphatic hydroxyl groups excluding tert-OH is 2. The predicted octanol–water partition coefficient (Wildman–Crippen LogP) is 1.62. The minimum Gasteiger partial charge on any atom is -0.491 e. The molecule has 2 atom stereocenters. The van der Waals surface area contributed by atoms with Gasteiger partial charge >= 0.3 is 0 Å². The predicted molar refractivity (Wildman–Crippen MR) is 63.6 cm³/mol. The Balaban J connectivity index is 2.67. The van der Waals surface area contributed by atoms with Gasteiger partial charge < -0.3 is 14.9 Å². The summed E-state index contributed by atoms with van der Waals surface area (Å²) in [4.78, 5) is 0. The van der Waals surface area contributed by atoms with Crippen LogP contribution >= 0.6 is 0 Å². The lowest BCUT2D eigenvalue weighted by atomic mass is 10.0. The molecule has 2 N–H and O–H groups in total. The second kappa shape index (κ2) is 6.51. The van der Waals surface area contributed by atoms with Crippen LogP contribution in [0.25, 0.3) is 0 Å². The van der Waals surface area contributed by atoms with E-state index in [2.05, 4.69) is 0 Å². The molecule has 0 amide bonds. The smallest absolute Gasteiger partial charge is 0.122 e. The summed E-state index contributed by atoms with van der Waals surface area (Å²) in [6, 6.07) is 7.74. The second-order valence-corrected chi connectivity index (χ2v) is 4.26. The zero-order valence-corrected chi connectivity index (χ0v) is 9.89. The van der Waals surface area contributed by atoms with Gasteiger partial charge in [0, 0.05) is 6.61 Å². The summed E-state index contributed by atoms with van der Waals surface area (Å²) >= 11 is 0. The van der Waals surface area contributed by atoms with Crippen LogP contribution in [0.15, 0.2) is 24.3 Å². The quantitative estimate of drug-likeness (QED) is 0.772. The molecular weight excluding hydrogens is 204 g/mol. The summed E-state index contributed by atoms with van der Waals surface area (Å²) in [5.74, 6) is 1.01. The molecule has 1 rings (SSSR count). The molecule has 0 heterocycles. The molecule has 0 aliphatic heterocycles. The van der Waals surface area contributed by atoms with Crippen molar-refractivity contribution in [1.82, 2.24) is 0 Å². The Hall–Kier alpha value is -1.06. The Kier molecular flexibility index (Phi) is 5.29. The van der Waals surface area contributed by atoms with Gasteiger partial charge in [-0.05, 0) is 30.9 Å². The Morgan fingerprint density at radius 2 is 1.94 bits per heavy atom. The number of hydrogen-bond donors (Lipinski definition) is 2. The van der Waals surface area contributed by atoms with Gasteiger partial charge in [-0.15, -0.1) is 0 Å². The fourth-order valence-electron chi connectivity index (χ4n) is 1.46. The van der Waals surface area contributed by atoms with Crippen molar-refractivity contribution in [3.8, 4) is 5.75 Å². The Labute approximate surface area is 96.7 Å². The molecule has 0 fully saturated rings. The van der Waals surface area contributed by atoms with Crippen molar-refractivity contribution in [3.05, 3.63) is 29.8 Å². The first-order valence-electron chi connectivity index (χ1n) is 5.63. The maximum Gasteiger partial charge on any atom is 0.122 e. The minimum absolute atomic E-state index is 0.171. The van der Waals surface area contributed by atoms with E-state index in [9.17, 15) is 0 Å². The Morgan fingerprint density at radius 1 is 1.25 bits per heavy atom. The van der Waals surface area contributed by atoms with Crippen LogP contribution in [-0.4, -0.2) is 29.5 Å². The van der Waals surface area contributed by atoms with E-state index in [0.29, 0.717) is 6.61 Å². The van der Waals surface area contributed by atoms with Gasteiger partial charge in [-0.3, -0.25) is 0 Å². The van der Waals surface area contributed by atoms with Gasteiger partial charge in [0.05, 0.1) is 6.10 Å². The number of benzene rings is 1. The van der Waals surface area contributed by atoms with Crippen molar-refractivity contribution in [3.63, 3.8) is 0 Å². The van der Waals surface area contributed by atoms with E-state index < -0.39 is 6.10 Å². The van der Waals surface area contributed by atoms with Crippen LogP contribution in [0, 0.1) is 5.92 Å². The van der Waals surface area contributed by atoms with Gasteiger partial charge in [0.1, 0.15) is 12.4 Å². The number of aliphatic hydroxyl groups is 2. The lowest BCUT2D eigenvalue weighted by Gasteiger charge is -2.14. The van der Waals surface area contributed by atoms with E-state index in [0.717, 1.165) is 17.7 Å². The summed E-state index contributed by atoms with van der Waals surface area (Å²) in [5.41, 5.74) is 1.07. The van der Waals surface area contributed by atoms with Crippen LogP contribution in [0.1, 0.15) is 19.4 Å². The maximum absolute atomic E-state index is 9.17. The standard InChI is InChI=1S/C13H20O3/c1-10(8-14)7-12-5-3-4-6-13(12)16-9-11(2)15/h3-6,10-11,14-15H,7-9H2,1-2H3/t10-,11+/m0/s1. The van der Waals surface area contributed by atoms with Crippen molar-refractivity contribution in [2.24, 2.45) is 5.92 Å². The van der Waals surface area contributed by atoms with Crippen LogP contribution in [0.4, 0.5) is 0 Å². The first-order chi connectivity index (χ1) is 7.63. The number of rotatable bonds is 6. The average Bonchev–Trinajstić information content (AvgIpc) is 2.27. The van der Waals surface area contributed by atoms with Gasteiger partial charge in [-0.2, -0.15) is 0 Å². The third-order valence-electron chi connectivity index (χ3n) is 2.33. The van der Waals surface area contributed by atoms with E-state index in [4.69, 9.17) is 14.9 Å². The van der Waals surface area contributed by atoms with Gasteiger partial charge in [0.2, 0.25) is 0 Å². The molecule has 0 saturated heterocycles. The monoisotopic (exact) mass is 224 g/mol. The molecule has 0 aliphatic carbocycles. The van der Waals surface area contributed by atoms with Gasteiger partial charge in [-0.25, -0.2) is 0 Å². The van der Waals surface area contributed by atoms with E-state index in [1.165, 1.54) is 0 Å². The summed E-state index contributed by atoms with van der Waals surface area (Å²) in [6.45, 7) is 4.15. The molecule has 0 bridgehead atoms. The summed E-state index contributed by atoms with van der Waals surface area (Å²) in [7, 11) is 0. The third kappa shape index (κ3) is 4.21. The normalized spacial score (nSPS) is 14.5. The number of hydrogen-bond acceptors (Lipinski definition) is 3. The zero-order chi connectivity index (χ0) is 12.0. The van der Waals surface area contributed by atoms with Crippen molar-refractivity contribution >= 4 is 0 Å². The maximum atomic E-state index is 9.17. The van der Waals surface area contributed by atoms with Crippen LogP contribution in [0.3, 0.4) is 0 Å². The van der Waals surface area contributed by atoms with Crippen molar-refractivity contribution in [1.29, 1.82) is 0 Å². The molecule has 90 valence electrons. The van der Waals surface area contributed by atoms with Crippen LogP contribution in [-0.2, 0) is 6.42 Å². The molecule has 0 saturated carbocycles. The molecule has 0 radical (unpaired) electrons. The first kappa shape index (κ1) is 13.0. The van der Waals surface area contributed by atoms with E-state index in [1.807, 2.05) is 31.2 Å². The number of ether oxygens (including phenoxy) is 1. The minimum atomic E-state index is -0.469. The lowest BCUT2D eigenvalue weighted by molar-refractivity contribution is 0.122. The molecule has 0 aliphatic rings. The molecule has 1 aromatic carbocycles. The SMILES string of the molecule is C[C@H](CO)Cc1ccccc1OC[C@@H](C)O. The average molecular weight is 224 g/mol. The van der Waals surface area contributed by atoms with Crippen LogP contribution < -0.4 is 4.74 Å². The van der Waals surface area contributed by atoms with Crippen molar-refractivity contribution in [2.45, 2.75) is 26.4 Å². The molecule has 3 heteroatoms. The van der Waals surface area contributed by atoms with E-state index in [1.54, 1.807) is 6.92 Å². The highest BCUT2D eigenvalue weighted by atomic mass is 16.5. The molecular formula is C13H20O3. The fourth-order valence-corrected chi connectivity index (χ4v) is 1.46. The third-order valence-corrected chi connectivity index (χ3v) is 2.33. The van der Waals surface area contributed by atoms with Gasteiger partial charge in [-0.1, -0.05) is 25.1 Å². The molecule has 0 spiro atoms. The molecule has 16 heavy (non-hydrogen) atoms. The van der Waals surface area contributed by atoms with E-state index in [-0.39, 0.29) is 12.5 Å². The Morgan fingerprint density at radius 3 is 2.56 bits per heavy atom. The first-order valence-corrected chi connectivity index (χ1v) is 5.63. The van der Waals surface area contributed by atoms with Crippen molar-refractivity contribution < 1.29 is 14.9 Å². The molecule has 3 nitrogen and oxygen atoms in total. The van der Waals surface area contributed by atoms with Crippen molar-refractivity contribution in [2.75, 3.05) is 13.2 Å². The van der Waals surface area contributed by atoms with Crippen LogP contribution in [0.5, 0.6) is 5.75 Å². The Bertz CT molecular complexity index is 310. The summed E-state index contributed by atoms with van der Waals surface area (Å²) in [6.07, 6.45) is 0.315. The highest BCUT2D eigenvalue weighted by Crippen LogP contribution is 2.21. The molecule has 0 aromatic heterocycles. The number of para-hydroxylation sites is 1. The fraction of sp³-hybridized carbons (Fsp3) is 0.538. The molecule has 1 aromatic rings. The largest absolute Gasteiger partial charge is 0.491 e. The summed E-state index contributed by atoms with van der Waals surface area (Å²) < 4.78 is 5.51. The van der Waals surface area contributed by atoms with Gasteiger partial charge in [0.15, 0.2) is 0 Å². The highest BCUT2D eigenvalue weighted by Gasteiger charge is 2.08. The topological polar surface area (TPSA) is 49.7 Å². The summed E-state index contributed by atoms with van der Waals surface area (Å²) in [5, 5.41) is 18.2. The zero-order valence-electron chi connectivity index (χ0n) is 9.89. The molecule has 0 unspecified atom stereocenters. The lowest BCUT2D eigenvalue weighted by Crippen LogP contribution is -2.14. The van der Waals surface area contributed by atoms with Crippen LogP contribution in [0.2, 0.25) is 0 Å².